The Morgan fingerprint density at radius 1 is 1.15 bits per heavy atom. The zero-order valence-corrected chi connectivity index (χ0v) is 10.4. The van der Waals surface area contributed by atoms with Gasteiger partial charge in [-0.15, -0.1) is 0 Å². The van der Waals surface area contributed by atoms with Gasteiger partial charge in [-0.1, -0.05) is 0 Å². The maximum atomic E-state index is 12.2. The number of nitrogens with zero attached hydrogens (tertiary/aromatic N) is 2. The summed E-state index contributed by atoms with van der Waals surface area (Å²) < 4.78 is 33.2. The van der Waals surface area contributed by atoms with Gasteiger partial charge >= 0.3 is 6.61 Å². The number of hydrogen-bond donors (Lipinski definition) is 0. The van der Waals surface area contributed by atoms with Crippen molar-refractivity contribution in [2.75, 3.05) is 7.11 Å². The third kappa shape index (κ3) is 3.05. The molecule has 2 aromatic rings. The predicted molar refractivity (Wildman–Crippen MR) is 65.1 cm³/mol. The normalized spacial score (nSPS) is 10.4. The lowest BCUT2D eigenvalue weighted by molar-refractivity contribution is -0.0498. The summed E-state index contributed by atoms with van der Waals surface area (Å²) in [5.41, 5.74) is 0.322. The summed E-state index contributed by atoms with van der Waals surface area (Å²) in [5.74, 6) is -0.341. The largest absolute Gasteiger partial charge is 0.479 e. The van der Waals surface area contributed by atoms with Crippen LogP contribution in [-0.2, 0) is 0 Å². The number of carbonyl (C=O) groups is 1. The van der Waals surface area contributed by atoms with Crippen LogP contribution < -0.4 is 9.47 Å². The van der Waals surface area contributed by atoms with Crippen LogP contribution >= 0.6 is 0 Å². The highest BCUT2D eigenvalue weighted by Gasteiger charge is 2.17. The first-order valence-electron chi connectivity index (χ1n) is 5.56. The topological polar surface area (TPSA) is 61.3 Å². The monoisotopic (exact) mass is 280 g/mol. The summed E-state index contributed by atoms with van der Waals surface area (Å²) in [7, 11) is 1.38. The molecule has 0 fully saturated rings. The minimum absolute atomic E-state index is 0.0253. The zero-order valence-electron chi connectivity index (χ0n) is 10.4. The van der Waals surface area contributed by atoms with Gasteiger partial charge in [-0.05, 0) is 24.3 Å². The van der Waals surface area contributed by atoms with Crippen LogP contribution in [-0.4, -0.2) is 29.5 Å². The number of ether oxygens (including phenoxy) is 2. The number of carbonyl (C=O) groups excluding carboxylic acids is 1. The van der Waals surface area contributed by atoms with Crippen molar-refractivity contribution in [2.45, 2.75) is 6.61 Å². The van der Waals surface area contributed by atoms with E-state index in [-0.39, 0.29) is 22.9 Å². The van der Waals surface area contributed by atoms with E-state index in [1.54, 1.807) is 0 Å². The molecule has 1 aromatic heterocycles. The molecule has 0 N–H and O–H groups in total. The first kappa shape index (κ1) is 13.9. The number of methoxy groups -OCH3 is 1. The molecule has 7 heteroatoms. The van der Waals surface area contributed by atoms with E-state index in [1.807, 2.05) is 0 Å². The van der Waals surface area contributed by atoms with Crippen LogP contribution in [0.1, 0.15) is 16.1 Å². The maximum absolute atomic E-state index is 12.2. The van der Waals surface area contributed by atoms with Gasteiger partial charge in [-0.3, -0.25) is 4.79 Å². The van der Waals surface area contributed by atoms with Gasteiger partial charge in [-0.25, -0.2) is 9.97 Å². The molecular formula is C13H10F2N2O3. The average Bonchev–Trinajstić information content (AvgIpc) is 2.46. The van der Waals surface area contributed by atoms with Crippen molar-refractivity contribution < 1.29 is 23.0 Å². The van der Waals surface area contributed by atoms with Gasteiger partial charge < -0.3 is 9.47 Å². The molecule has 0 saturated carbocycles. The Labute approximate surface area is 113 Å². The molecule has 0 unspecified atom stereocenters. The molecule has 5 nitrogen and oxygen atoms in total. The number of benzene rings is 1. The molecule has 0 radical (unpaired) electrons. The molecule has 1 heterocycles. The Hall–Kier alpha value is -2.57. The van der Waals surface area contributed by atoms with Crippen molar-refractivity contribution in [2.24, 2.45) is 0 Å². The highest BCUT2D eigenvalue weighted by atomic mass is 19.3. The van der Waals surface area contributed by atoms with Gasteiger partial charge in [0, 0.05) is 18.0 Å². The van der Waals surface area contributed by atoms with Crippen LogP contribution in [0.15, 0.2) is 36.7 Å². The van der Waals surface area contributed by atoms with Crippen LogP contribution in [0.4, 0.5) is 8.78 Å². The smallest absolute Gasteiger partial charge is 0.387 e. The lowest BCUT2D eigenvalue weighted by atomic mass is 10.1. The molecule has 0 aliphatic carbocycles. The summed E-state index contributed by atoms with van der Waals surface area (Å²) in [4.78, 5) is 20.0. The maximum Gasteiger partial charge on any atom is 0.387 e. The number of alkyl halides is 2. The van der Waals surface area contributed by atoms with E-state index in [9.17, 15) is 13.6 Å². The SMILES string of the molecule is COc1nccnc1C(=O)c1ccc(OC(F)F)cc1. The number of rotatable bonds is 5. The van der Waals surface area contributed by atoms with Crippen molar-refractivity contribution in [1.82, 2.24) is 9.97 Å². The highest BCUT2D eigenvalue weighted by molar-refractivity contribution is 6.09. The molecule has 20 heavy (non-hydrogen) atoms. The average molecular weight is 280 g/mol. The van der Waals surface area contributed by atoms with Crippen LogP contribution in [0.25, 0.3) is 0 Å². The van der Waals surface area contributed by atoms with E-state index in [0.717, 1.165) is 0 Å². The Morgan fingerprint density at radius 3 is 2.40 bits per heavy atom. The Morgan fingerprint density at radius 2 is 1.80 bits per heavy atom. The van der Waals surface area contributed by atoms with Gasteiger partial charge in [0.1, 0.15) is 5.75 Å². The molecule has 1 aromatic carbocycles. The van der Waals surface area contributed by atoms with Crippen LogP contribution in [0.5, 0.6) is 11.6 Å². The van der Waals surface area contributed by atoms with Crippen LogP contribution in [0, 0.1) is 0 Å². The molecule has 0 amide bonds. The van der Waals surface area contributed by atoms with E-state index in [1.165, 1.54) is 43.8 Å². The molecule has 0 aliphatic rings. The predicted octanol–water partition coefficient (Wildman–Crippen LogP) is 2.32. The molecule has 0 saturated heterocycles. The van der Waals surface area contributed by atoms with Gasteiger partial charge in [-0.2, -0.15) is 8.78 Å². The Kier molecular flexibility index (Phi) is 4.19. The third-order valence-corrected chi connectivity index (χ3v) is 2.41. The number of hydrogen-bond acceptors (Lipinski definition) is 5. The van der Waals surface area contributed by atoms with Crippen LogP contribution in [0.2, 0.25) is 0 Å². The number of aromatic nitrogens is 2. The van der Waals surface area contributed by atoms with Crippen molar-refractivity contribution in [3.63, 3.8) is 0 Å². The van der Waals surface area contributed by atoms with Gasteiger partial charge in [0.05, 0.1) is 7.11 Å². The van der Waals surface area contributed by atoms with Crippen molar-refractivity contribution >= 4 is 5.78 Å². The summed E-state index contributed by atoms with van der Waals surface area (Å²) in [6.45, 7) is -2.91. The number of ketones is 1. The second kappa shape index (κ2) is 6.05. The fraction of sp³-hybridized carbons (Fsp3) is 0.154. The van der Waals surface area contributed by atoms with E-state index < -0.39 is 12.4 Å². The Balaban J connectivity index is 2.25. The minimum Gasteiger partial charge on any atom is -0.479 e. The third-order valence-electron chi connectivity index (χ3n) is 2.41. The molecule has 2 rings (SSSR count). The fourth-order valence-corrected chi connectivity index (χ4v) is 1.55. The van der Waals surface area contributed by atoms with E-state index in [2.05, 4.69) is 14.7 Å². The zero-order chi connectivity index (χ0) is 14.5. The van der Waals surface area contributed by atoms with Crippen molar-refractivity contribution in [3.8, 4) is 11.6 Å². The van der Waals surface area contributed by atoms with Crippen LogP contribution in [0.3, 0.4) is 0 Å². The molecular weight excluding hydrogens is 270 g/mol. The molecule has 0 spiro atoms. The summed E-state index contributed by atoms with van der Waals surface area (Å²) in [6, 6.07) is 5.30. The lowest BCUT2D eigenvalue weighted by Crippen LogP contribution is -2.08. The standard InChI is InChI=1S/C13H10F2N2O3/c1-19-12-10(16-6-7-17-12)11(18)8-2-4-9(5-3-8)20-13(14)15/h2-7,13H,1H3. The van der Waals surface area contributed by atoms with Gasteiger partial charge in [0.2, 0.25) is 11.7 Å². The molecule has 104 valence electrons. The highest BCUT2D eigenvalue weighted by Crippen LogP contribution is 2.19. The summed E-state index contributed by atoms with van der Waals surface area (Å²) in [5, 5.41) is 0. The van der Waals surface area contributed by atoms with E-state index in [0.29, 0.717) is 0 Å². The van der Waals surface area contributed by atoms with Crippen molar-refractivity contribution in [3.05, 3.63) is 47.9 Å². The van der Waals surface area contributed by atoms with Crippen molar-refractivity contribution in [1.29, 1.82) is 0 Å². The minimum atomic E-state index is -2.91. The quantitative estimate of drug-likeness (QED) is 0.786. The second-order valence-electron chi connectivity index (χ2n) is 3.65. The summed E-state index contributed by atoms with van der Waals surface area (Å²) >= 11 is 0. The van der Waals surface area contributed by atoms with Gasteiger partial charge in [0.15, 0.2) is 5.69 Å². The summed E-state index contributed by atoms with van der Waals surface area (Å²) in [6.07, 6.45) is 2.76. The van der Waals surface area contributed by atoms with E-state index >= 15 is 0 Å². The molecule has 0 atom stereocenters. The fourth-order valence-electron chi connectivity index (χ4n) is 1.55. The Bertz CT molecular complexity index is 603. The van der Waals surface area contributed by atoms with E-state index in [4.69, 9.17) is 4.74 Å². The molecule has 0 aliphatic heterocycles. The first-order valence-corrected chi connectivity index (χ1v) is 5.56. The second-order valence-corrected chi connectivity index (χ2v) is 3.65. The lowest BCUT2D eigenvalue weighted by Gasteiger charge is -2.06. The first-order chi connectivity index (χ1) is 9.61. The number of halogens is 2. The molecule has 0 bridgehead atoms. The van der Waals surface area contributed by atoms with Gasteiger partial charge in [0.25, 0.3) is 0 Å².